The van der Waals surface area contributed by atoms with Crippen molar-refractivity contribution >= 4 is 23.1 Å². The van der Waals surface area contributed by atoms with E-state index in [4.69, 9.17) is 22.7 Å². The van der Waals surface area contributed by atoms with Crippen LogP contribution in [0.2, 0.25) is 0 Å². The number of thiocarbonyl (C=S) groups is 1. The molecule has 0 saturated carbocycles. The van der Waals surface area contributed by atoms with Gasteiger partial charge in [-0.3, -0.25) is 4.79 Å². The third kappa shape index (κ3) is 5.88. The molecule has 2 N–H and O–H groups in total. The summed E-state index contributed by atoms with van der Waals surface area (Å²) in [6.07, 6.45) is 1.50. The van der Waals surface area contributed by atoms with E-state index in [-0.39, 0.29) is 12.5 Å². The molecule has 4 nitrogen and oxygen atoms in total. The Morgan fingerprint density at radius 2 is 2.14 bits per heavy atom. The zero-order chi connectivity index (χ0) is 11.0. The van der Waals surface area contributed by atoms with Gasteiger partial charge in [0.1, 0.15) is 6.61 Å². The molecular weight excluding hydrogens is 200 g/mol. The Morgan fingerprint density at radius 1 is 1.50 bits per heavy atom. The maximum atomic E-state index is 11.5. The monoisotopic (exact) mass is 218 g/mol. The van der Waals surface area contributed by atoms with E-state index >= 15 is 0 Å². The normalized spacial score (nSPS) is 9.86. The van der Waals surface area contributed by atoms with Crippen LogP contribution in [0.5, 0.6) is 0 Å². The zero-order valence-corrected chi connectivity index (χ0v) is 9.60. The summed E-state index contributed by atoms with van der Waals surface area (Å²) in [5.74, 6) is -0.00870. The predicted octanol–water partition coefficient (Wildman–Crippen LogP) is 0.548. The maximum absolute atomic E-state index is 11.5. The summed E-state index contributed by atoms with van der Waals surface area (Å²) < 4.78 is 4.78. The Bertz CT molecular complexity index is 197. The number of nitrogens with zero attached hydrogens (tertiary/aromatic N) is 1. The van der Waals surface area contributed by atoms with Crippen molar-refractivity contribution in [3.63, 3.8) is 0 Å². The first-order valence-corrected chi connectivity index (χ1v) is 5.07. The van der Waals surface area contributed by atoms with Crippen LogP contribution < -0.4 is 5.73 Å². The van der Waals surface area contributed by atoms with Crippen LogP contribution in [0.15, 0.2) is 0 Å². The molecular formula is C9H18N2O2S. The van der Waals surface area contributed by atoms with Crippen LogP contribution >= 0.6 is 12.2 Å². The van der Waals surface area contributed by atoms with Gasteiger partial charge in [-0.1, -0.05) is 19.1 Å². The summed E-state index contributed by atoms with van der Waals surface area (Å²) in [5, 5.41) is 0. The minimum atomic E-state index is -0.00870. The minimum absolute atomic E-state index is 0.00870. The Morgan fingerprint density at radius 3 is 2.57 bits per heavy atom. The molecule has 0 fully saturated rings. The first kappa shape index (κ1) is 13.3. The largest absolute Gasteiger partial charge is 0.393 e. The van der Waals surface area contributed by atoms with E-state index in [1.54, 1.807) is 4.90 Å². The number of ether oxygens (including phenoxy) is 1. The molecule has 0 heterocycles. The number of methoxy groups -OCH3 is 1. The molecule has 0 aromatic heterocycles. The third-order valence-corrected chi connectivity index (χ3v) is 1.95. The highest BCUT2D eigenvalue weighted by atomic mass is 32.1. The quantitative estimate of drug-likeness (QED) is 0.634. The molecule has 0 radical (unpaired) electrons. The van der Waals surface area contributed by atoms with E-state index in [1.807, 2.05) is 6.92 Å². The second-order valence-electron chi connectivity index (χ2n) is 3.03. The molecule has 0 aromatic rings. The van der Waals surface area contributed by atoms with E-state index in [1.165, 1.54) is 7.11 Å². The van der Waals surface area contributed by atoms with Crippen molar-refractivity contribution in [3.05, 3.63) is 0 Å². The lowest BCUT2D eigenvalue weighted by Crippen LogP contribution is -2.36. The first-order valence-electron chi connectivity index (χ1n) is 4.66. The number of carbonyl (C=O) groups excluding carboxylic acids is 1. The van der Waals surface area contributed by atoms with Crippen LogP contribution in [-0.4, -0.2) is 42.6 Å². The third-order valence-electron chi connectivity index (χ3n) is 1.74. The van der Waals surface area contributed by atoms with Gasteiger partial charge in [0.05, 0.1) is 4.99 Å². The van der Waals surface area contributed by atoms with Crippen LogP contribution in [0.3, 0.4) is 0 Å². The zero-order valence-electron chi connectivity index (χ0n) is 8.78. The van der Waals surface area contributed by atoms with Crippen molar-refractivity contribution in [1.82, 2.24) is 4.90 Å². The maximum Gasteiger partial charge on any atom is 0.248 e. The van der Waals surface area contributed by atoms with Crippen LogP contribution in [0.1, 0.15) is 19.8 Å². The minimum Gasteiger partial charge on any atom is -0.393 e. The van der Waals surface area contributed by atoms with Gasteiger partial charge in [-0.2, -0.15) is 0 Å². The highest BCUT2D eigenvalue weighted by molar-refractivity contribution is 7.80. The Kier molecular flexibility index (Phi) is 7.32. The van der Waals surface area contributed by atoms with Crippen molar-refractivity contribution in [3.8, 4) is 0 Å². The van der Waals surface area contributed by atoms with Gasteiger partial charge in [0.15, 0.2) is 0 Å². The molecule has 14 heavy (non-hydrogen) atoms. The van der Waals surface area contributed by atoms with E-state index in [9.17, 15) is 4.79 Å². The molecule has 0 saturated heterocycles. The lowest BCUT2D eigenvalue weighted by Gasteiger charge is -2.21. The smallest absolute Gasteiger partial charge is 0.248 e. The number of carbonyl (C=O) groups is 1. The SMILES string of the molecule is CCCN(CCC(N)=S)C(=O)COC. The fraction of sp³-hybridized carbons (Fsp3) is 0.778. The van der Waals surface area contributed by atoms with Crippen LogP contribution in [0.25, 0.3) is 0 Å². The molecule has 82 valence electrons. The van der Waals surface area contributed by atoms with E-state index in [2.05, 4.69) is 0 Å². The number of hydrogen-bond acceptors (Lipinski definition) is 3. The predicted molar refractivity (Wildman–Crippen MR) is 60.1 cm³/mol. The van der Waals surface area contributed by atoms with Gasteiger partial charge >= 0.3 is 0 Å². The number of nitrogens with two attached hydrogens (primary N) is 1. The lowest BCUT2D eigenvalue weighted by molar-refractivity contribution is -0.135. The van der Waals surface area contributed by atoms with Crippen molar-refractivity contribution in [1.29, 1.82) is 0 Å². The average molecular weight is 218 g/mol. The average Bonchev–Trinajstić information content (AvgIpc) is 2.12. The van der Waals surface area contributed by atoms with E-state index in [0.717, 1.165) is 13.0 Å². The second kappa shape index (κ2) is 7.70. The molecule has 5 heteroatoms. The second-order valence-corrected chi connectivity index (χ2v) is 3.55. The van der Waals surface area contributed by atoms with Gasteiger partial charge in [0, 0.05) is 26.6 Å². The summed E-state index contributed by atoms with van der Waals surface area (Å²) in [6.45, 7) is 3.46. The molecule has 0 aliphatic heterocycles. The molecule has 0 atom stereocenters. The molecule has 0 spiro atoms. The molecule has 0 unspecified atom stereocenters. The van der Waals surface area contributed by atoms with Gasteiger partial charge in [0.2, 0.25) is 5.91 Å². The van der Waals surface area contributed by atoms with Crippen molar-refractivity contribution < 1.29 is 9.53 Å². The Labute approximate surface area is 90.4 Å². The van der Waals surface area contributed by atoms with Gasteiger partial charge < -0.3 is 15.4 Å². The van der Waals surface area contributed by atoms with Gasteiger partial charge in [-0.05, 0) is 6.42 Å². The number of rotatable bonds is 7. The summed E-state index contributed by atoms with van der Waals surface area (Å²) in [4.78, 5) is 13.6. The lowest BCUT2D eigenvalue weighted by atomic mass is 10.3. The summed E-state index contributed by atoms with van der Waals surface area (Å²) in [6, 6.07) is 0. The standard InChI is InChI=1S/C9H18N2O2S/c1-3-5-11(6-4-8(10)14)9(12)7-13-2/h3-7H2,1-2H3,(H2,10,14). The van der Waals surface area contributed by atoms with E-state index in [0.29, 0.717) is 18.0 Å². The Hall–Kier alpha value is -0.680. The molecule has 0 aromatic carbocycles. The molecule has 0 aliphatic carbocycles. The summed E-state index contributed by atoms with van der Waals surface area (Å²) >= 11 is 4.76. The fourth-order valence-electron chi connectivity index (χ4n) is 1.09. The Balaban J connectivity index is 3.99. The van der Waals surface area contributed by atoms with Gasteiger partial charge in [0.25, 0.3) is 0 Å². The van der Waals surface area contributed by atoms with Crippen molar-refractivity contribution in [2.24, 2.45) is 5.73 Å². The van der Waals surface area contributed by atoms with Crippen LogP contribution in [-0.2, 0) is 9.53 Å². The highest BCUT2D eigenvalue weighted by Crippen LogP contribution is 1.96. The van der Waals surface area contributed by atoms with Crippen LogP contribution in [0.4, 0.5) is 0 Å². The van der Waals surface area contributed by atoms with Gasteiger partial charge in [-0.25, -0.2) is 0 Å². The fourth-order valence-corrected chi connectivity index (χ4v) is 1.18. The summed E-state index contributed by atoms with van der Waals surface area (Å²) in [7, 11) is 1.51. The van der Waals surface area contributed by atoms with Crippen LogP contribution in [0, 0.1) is 0 Å². The van der Waals surface area contributed by atoms with Crippen molar-refractivity contribution in [2.45, 2.75) is 19.8 Å². The molecule has 0 rings (SSSR count). The molecule has 0 bridgehead atoms. The van der Waals surface area contributed by atoms with E-state index < -0.39 is 0 Å². The van der Waals surface area contributed by atoms with Gasteiger partial charge in [-0.15, -0.1) is 0 Å². The number of hydrogen-bond donors (Lipinski definition) is 1. The molecule has 1 amide bonds. The topological polar surface area (TPSA) is 55.6 Å². The summed E-state index contributed by atoms with van der Waals surface area (Å²) in [5.41, 5.74) is 5.37. The first-order chi connectivity index (χ1) is 6.61. The number of amides is 1. The highest BCUT2D eigenvalue weighted by Gasteiger charge is 2.11. The van der Waals surface area contributed by atoms with Crippen molar-refractivity contribution in [2.75, 3.05) is 26.8 Å². The molecule has 0 aliphatic rings.